The number of aliphatic imine (C=N–C) groups is 3. The van der Waals surface area contributed by atoms with Gasteiger partial charge in [0, 0.05) is 32.1 Å². The van der Waals surface area contributed by atoms with E-state index in [1.165, 1.54) is 19.3 Å². The van der Waals surface area contributed by atoms with Gasteiger partial charge in [-0.1, -0.05) is 31.0 Å². The molecular weight excluding hydrogens is 422 g/mol. The molecule has 0 amide bonds. The van der Waals surface area contributed by atoms with Gasteiger partial charge < -0.3 is 15.8 Å². The number of hydrogen-bond acceptors (Lipinski definition) is 7. The van der Waals surface area contributed by atoms with Crippen molar-refractivity contribution in [3.05, 3.63) is 30.1 Å². The molecule has 3 rings (SSSR count). The monoisotopic (exact) mass is 457 g/mol. The molecule has 0 spiro atoms. The number of thioether (sulfide) groups is 1. The van der Waals surface area contributed by atoms with Gasteiger partial charge in [0.25, 0.3) is 0 Å². The molecule has 1 saturated carbocycles. The standard InChI is InChI=1S/C23H35N7OS/c1-17(26-21-16-32-22-20(29-21)10-7-11-25-22)14-19(15-30(2)12-13-31-3)28-23(24)27-18-8-5-4-6-9-18/h7,10-11,14,18H,4-6,8-9,12-13,15-16H2,1-3H3,(H2,24,27)(H,26,29)/b17-14+,28-19+. The van der Waals surface area contributed by atoms with Crippen LogP contribution in [0.3, 0.4) is 0 Å². The van der Waals surface area contributed by atoms with Crippen LogP contribution in [0.4, 0.5) is 5.69 Å². The minimum Gasteiger partial charge on any atom is -0.383 e. The molecule has 1 fully saturated rings. The molecule has 1 aromatic heterocycles. The van der Waals surface area contributed by atoms with Gasteiger partial charge in [0.15, 0.2) is 0 Å². The molecule has 174 valence electrons. The second-order valence-corrected chi connectivity index (χ2v) is 9.20. The van der Waals surface area contributed by atoms with E-state index < -0.39 is 0 Å². The zero-order valence-corrected chi connectivity index (χ0v) is 20.2. The van der Waals surface area contributed by atoms with Gasteiger partial charge in [-0.05, 0) is 45.0 Å². The number of nitrogens with one attached hydrogen (secondary N) is 1. The normalized spacial score (nSPS) is 18.5. The van der Waals surface area contributed by atoms with E-state index in [0.29, 0.717) is 25.2 Å². The number of ether oxygens (including phenoxy) is 1. The lowest BCUT2D eigenvalue weighted by Gasteiger charge is -2.19. The summed E-state index contributed by atoms with van der Waals surface area (Å²) in [7, 11) is 3.76. The lowest BCUT2D eigenvalue weighted by atomic mass is 9.96. The number of fused-ring (bicyclic) bond motifs is 1. The molecule has 1 aliphatic carbocycles. The van der Waals surface area contributed by atoms with Crippen molar-refractivity contribution in [1.82, 2.24) is 15.2 Å². The molecule has 0 bridgehead atoms. The van der Waals surface area contributed by atoms with Crippen LogP contribution in [-0.4, -0.2) is 73.0 Å². The Hall–Kier alpha value is -2.23. The lowest BCUT2D eigenvalue weighted by molar-refractivity contribution is 0.168. The van der Waals surface area contributed by atoms with E-state index in [2.05, 4.69) is 25.2 Å². The molecule has 0 atom stereocenters. The topological polar surface area (TPSA) is 100 Å². The molecule has 1 aromatic rings. The van der Waals surface area contributed by atoms with Crippen molar-refractivity contribution < 1.29 is 4.74 Å². The molecule has 3 N–H and O–H groups in total. The molecule has 0 aromatic carbocycles. The summed E-state index contributed by atoms with van der Waals surface area (Å²) >= 11 is 1.68. The lowest BCUT2D eigenvalue weighted by Crippen LogP contribution is -2.31. The molecule has 32 heavy (non-hydrogen) atoms. The third-order valence-electron chi connectivity index (χ3n) is 5.33. The largest absolute Gasteiger partial charge is 0.383 e. The molecule has 0 radical (unpaired) electrons. The van der Waals surface area contributed by atoms with Crippen molar-refractivity contribution in [1.29, 1.82) is 0 Å². The Labute approximate surface area is 195 Å². The van der Waals surface area contributed by atoms with E-state index in [-0.39, 0.29) is 0 Å². The summed E-state index contributed by atoms with van der Waals surface area (Å²) in [5.41, 5.74) is 8.95. The summed E-state index contributed by atoms with van der Waals surface area (Å²) in [6, 6.07) is 4.18. The molecule has 8 nitrogen and oxygen atoms in total. The first-order chi connectivity index (χ1) is 15.5. The molecule has 2 aliphatic rings. The van der Waals surface area contributed by atoms with Crippen molar-refractivity contribution in [2.24, 2.45) is 20.7 Å². The fourth-order valence-electron chi connectivity index (χ4n) is 3.76. The number of aromatic nitrogens is 1. The van der Waals surface area contributed by atoms with Crippen LogP contribution < -0.4 is 11.1 Å². The Bertz CT molecular complexity index is 875. The number of rotatable bonds is 8. The minimum absolute atomic E-state index is 0.297. The summed E-state index contributed by atoms with van der Waals surface area (Å²) < 4.78 is 5.21. The van der Waals surface area contributed by atoms with Crippen LogP contribution in [0.2, 0.25) is 0 Å². The van der Waals surface area contributed by atoms with E-state index in [9.17, 15) is 0 Å². The fraction of sp³-hybridized carbons (Fsp3) is 0.565. The van der Waals surface area contributed by atoms with Crippen LogP contribution in [0, 0.1) is 0 Å². The number of guanidine groups is 1. The molecule has 0 saturated heterocycles. The zero-order chi connectivity index (χ0) is 22.8. The summed E-state index contributed by atoms with van der Waals surface area (Å²) in [5.74, 6) is 2.02. The second kappa shape index (κ2) is 12.7. The van der Waals surface area contributed by atoms with E-state index in [4.69, 9.17) is 15.5 Å². The Kier molecular flexibility index (Phi) is 9.70. The first kappa shape index (κ1) is 24.4. The third kappa shape index (κ3) is 8.03. The Balaban J connectivity index is 1.73. The van der Waals surface area contributed by atoms with Crippen LogP contribution in [0.15, 0.2) is 50.1 Å². The van der Waals surface area contributed by atoms with Crippen molar-refractivity contribution >= 4 is 35.0 Å². The molecule has 0 unspecified atom stereocenters. The van der Waals surface area contributed by atoms with Gasteiger partial charge in [-0.3, -0.25) is 4.90 Å². The fourth-order valence-corrected chi connectivity index (χ4v) is 4.57. The first-order valence-corrected chi connectivity index (χ1v) is 12.2. The van der Waals surface area contributed by atoms with Crippen LogP contribution in [-0.2, 0) is 4.74 Å². The molecule has 9 heteroatoms. The second-order valence-electron chi connectivity index (χ2n) is 8.24. The summed E-state index contributed by atoms with van der Waals surface area (Å²) in [6.07, 6.45) is 9.76. The number of allylic oxidation sites excluding steroid dienone is 1. The Morgan fingerprint density at radius 1 is 1.38 bits per heavy atom. The van der Waals surface area contributed by atoms with E-state index in [1.54, 1.807) is 25.1 Å². The number of nitrogens with two attached hydrogens (primary N) is 1. The van der Waals surface area contributed by atoms with Gasteiger partial charge >= 0.3 is 0 Å². The predicted octanol–water partition coefficient (Wildman–Crippen LogP) is 3.38. The van der Waals surface area contributed by atoms with Gasteiger partial charge in [0.2, 0.25) is 5.96 Å². The number of likely N-dealkylation sites (N-methyl/N-ethyl adjacent to an activating group) is 1. The average Bonchev–Trinajstić information content (AvgIpc) is 2.78. The predicted molar refractivity (Wildman–Crippen MR) is 134 cm³/mol. The highest BCUT2D eigenvalue weighted by atomic mass is 32.2. The summed E-state index contributed by atoms with van der Waals surface area (Å²) in [4.78, 5) is 20.6. The maximum atomic E-state index is 6.23. The highest BCUT2D eigenvalue weighted by molar-refractivity contribution is 8.00. The first-order valence-electron chi connectivity index (χ1n) is 11.2. The maximum absolute atomic E-state index is 6.23. The van der Waals surface area contributed by atoms with Crippen LogP contribution in [0.1, 0.15) is 39.0 Å². The average molecular weight is 458 g/mol. The van der Waals surface area contributed by atoms with Crippen LogP contribution >= 0.6 is 11.8 Å². The number of nitrogens with zero attached hydrogens (tertiary/aromatic N) is 5. The van der Waals surface area contributed by atoms with Gasteiger partial charge in [0.1, 0.15) is 10.9 Å². The van der Waals surface area contributed by atoms with Gasteiger partial charge in [-0.2, -0.15) is 0 Å². The quantitative estimate of drug-likeness (QED) is 0.458. The summed E-state index contributed by atoms with van der Waals surface area (Å²) in [6.45, 7) is 4.14. The summed E-state index contributed by atoms with van der Waals surface area (Å²) in [5, 5.41) is 4.39. The number of methoxy groups -OCH3 is 1. The third-order valence-corrected chi connectivity index (χ3v) is 6.34. The van der Waals surface area contributed by atoms with Crippen molar-refractivity contribution in [2.45, 2.75) is 50.1 Å². The zero-order valence-electron chi connectivity index (χ0n) is 19.4. The molecule has 2 heterocycles. The number of pyridine rings is 1. The smallest absolute Gasteiger partial charge is 0.215 e. The Morgan fingerprint density at radius 3 is 2.97 bits per heavy atom. The highest BCUT2D eigenvalue weighted by Crippen LogP contribution is 2.30. The minimum atomic E-state index is 0.297. The molecule has 1 aliphatic heterocycles. The van der Waals surface area contributed by atoms with Crippen molar-refractivity contribution in [3.63, 3.8) is 0 Å². The van der Waals surface area contributed by atoms with Gasteiger partial charge in [-0.15, -0.1) is 0 Å². The SMILES string of the molecule is COCCN(C)CC(/C=C(\C)NC1=Nc2cccnc2SC1)=N/C(N)=NC1CCCCC1. The van der Waals surface area contributed by atoms with E-state index in [0.717, 1.165) is 53.1 Å². The van der Waals surface area contributed by atoms with Gasteiger partial charge in [-0.25, -0.2) is 20.0 Å². The van der Waals surface area contributed by atoms with Gasteiger partial charge in [0.05, 0.1) is 29.8 Å². The molecular formula is C23H35N7OS. The Morgan fingerprint density at radius 2 is 2.19 bits per heavy atom. The highest BCUT2D eigenvalue weighted by Gasteiger charge is 2.15. The van der Waals surface area contributed by atoms with Crippen molar-refractivity contribution in [2.75, 3.05) is 39.6 Å². The van der Waals surface area contributed by atoms with Crippen LogP contribution in [0.25, 0.3) is 0 Å². The van der Waals surface area contributed by atoms with Crippen molar-refractivity contribution in [3.8, 4) is 0 Å². The van der Waals surface area contributed by atoms with Crippen LogP contribution in [0.5, 0.6) is 0 Å². The number of hydrogen-bond donors (Lipinski definition) is 2. The number of amidine groups is 1. The van der Waals surface area contributed by atoms with E-state index in [1.807, 2.05) is 32.2 Å². The maximum Gasteiger partial charge on any atom is 0.215 e. The van der Waals surface area contributed by atoms with E-state index >= 15 is 0 Å².